The second-order valence-electron chi connectivity index (χ2n) is 5.20. The second kappa shape index (κ2) is 8.09. The molecule has 0 spiro atoms. The number of ether oxygens (including phenoxy) is 1. The molecule has 0 bridgehead atoms. The molecule has 0 heterocycles. The van der Waals surface area contributed by atoms with Gasteiger partial charge in [-0.05, 0) is 30.3 Å². The first-order valence-corrected chi connectivity index (χ1v) is 7.67. The van der Waals surface area contributed by atoms with Crippen molar-refractivity contribution in [3.8, 4) is 5.75 Å². The molecule has 0 saturated carbocycles. The number of amides is 2. The first-order chi connectivity index (χ1) is 12.2. The van der Waals surface area contributed by atoms with Crippen LogP contribution in [0.1, 0.15) is 6.92 Å². The third kappa shape index (κ3) is 4.26. The molecule has 0 fully saturated rings. The van der Waals surface area contributed by atoms with Gasteiger partial charge in [0.25, 0.3) is 0 Å². The molecule has 2 rings (SSSR count). The van der Waals surface area contributed by atoms with E-state index in [1.807, 2.05) is 0 Å². The SMILES string of the molecule is COc1ccc(N(CC(=O)Nc2ccc(F)c(F)c2F)C(C)=O)cc1Cl. The Labute approximate surface area is 152 Å². The minimum atomic E-state index is -1.70. The number of carbonyl (C=O) groups is 2. The number of anilines is 2. The Balaban J connectivity index is 2.20. The summed E-state index contributed by atoms with van der Waals surface area (Å²) in [6, 6.07) is 6.01. The molecule has 5 nitrogen and oxygen atoms in total. The van der Waals surface area contributed by atoms with Crippen molar-refractivity contribution in [2.24, 2.45) is 0 Å². The lowest BCUT2D eigenvalue weighted by molar-refractivity contribution is -0.120. The normalized spacial score (nSPS) is 10.4. The molecular formula is C17H14ClF3N2O3. The molecule has 1 N–H and O–H groups in total. The topological polar surface area (TPSA) is 58.6 Å². The van der Waals surface area contributed by atoms with Crippen LogP contribution in [-0.4, -0.2) is 25.5 Å². The molecule has 2 aromatic rings. The zero-order valence-electron chi connectivity index (χ0n) is 13.8. The van der Waals surface area contributed by atoms with E-state index in [9.17, 15) is 22.8 Å². The van der Waals surface area contributed by atoms with E-state index in [1.54, 1.807) is 0 Å². The number of rotatable bonds is 5. The Kier molecular flexibility index (Phi) is 6.10. The van der Waals surface area contributed by atoms with Gasteiger partial charge in [-0.1, -0.05) is 11.6 Å². The molecular weight excluding hydrogens is 373 g/mol. The fraction of sp³-hybridized carbons (Fsp3) is 0.176. The Morgan fingerprint density at radius 1 is 1.15 bits per heavy atom. The molecule has 26 heavy (non-hydrogen) atoms. The van der Waals surface area contributed by atoms with Crippen molar-refractivity contribution in [2.45, 2.75) is 6.92 Å². The number of nitrogens with zero attached hydrogens (tertiary/aromatic N) is 1. The summed E-state index contributed by atoms with van der Waals surface area (Å²) >= 11 is 6.01. The number of methoxy groups -OCH3 is 1. The third-order valence-electron chi connectivity index (χ3n) is 3.44. The van der Waals surface area contributed by atoms with Crippen molar-refractivity contribution < 1.29 is 27.5 Å². The fourth-order valence-corrected chi connectivity index (χ4v) is 2.42. The van der Waals surface area contributed by atoms with E-state index in [-0.39, 0.29) is 5.02 Å². The van der Waals surface area contributed by atoms with Gasteiger partial charge >= 0.3 is 0 Å². The number of hydrogen-bond donors (Lipinski definition) is 1. The predicted octanol–water partition coefficient (Wildman–Crippen LogP) is 3.76. The summed E-state index contributed by atoms with van der Waals surface area (Å²) in [5.74, 6) is -5.51. The van der Waals surface area contributed by atoms with Crippen molar-refractivity contribution in [3.05, 3.63) is 52.8 Å². The van der Waals surface area contributed by atoms with E-state index >= 15 is 0 Å². The van der Waals surface area contributed by atoms with Crippen molar-refractivity contribution in [2.75, 3.05) is 23.9 Å². The van der Waals surface area contributed by atoms with Gasteiger partial charge in [0, 0.05) is 12.6 Å². The van der Waals surface area contributed by atoms with Gasteiger partial charge in [0.1, 0.15) is 12.3 Å². The van der Waals surface area contributed by atoms with Gasteiger partial charge in [-0.3, -0.25) is 9.59 Å². The number of hydrogen-bond acceptors (Lipinski definition) is 3. The molecule has 0 aliphatic rings. The lowest BCUT2D eigenvalue weighted by Gasteiger charge is -2.21. The highest BCUT2D eigenvalue weighted by Crippen LogP contribution is 2.29. The van der Waals surface area contributed by atoms with Gasteiger partial charge in [-0.25, -0.2) is 13.2 Å². The first kappa shape index (κ1) is 19.6. The number of nitrogens with one attached hydrogen (secondary N) is 1. The van der Waals surface area contributed by atoms with Crippen LogP contribution in [0.25, 0.3) is 0 Å². The monoisotopic (exact) mass is 386 g/mol. The Bertz CT molecular complexity index is 861. The summed E-state index contributed by atoms with van der Waals surface area (Å²) in [5.41, 5.74) is -0.227. The summed E-state index contributed by atoms with van der Waals surface area (Å²) in [7, 11) is 1.42. The van der Waals surface area contributed by atoms with Gasteiger partial charge in [0.2, 0.25) is 11.8 Å². The van der Waals surface area contributed by atoms with Crippen LogP contribution in [0.4, 0.5) is 24.5 Å². The molecule has 2 aromatic carbocycles. The van der Waals surface area contributed by atoms with Crippen LogP contribution >= 0.6 is 11.6 Å². The highest BCUT2D eigenvalue weighted by molar-refractivity contribution is 6.32. The van der Waals surface area contributed by atoms with Crippen molar-refractivity contribution in [1.82, 2.24) is 0 Å². The number of benzene rings is 2. The number of halogens is 4. The van der Waals surface area contributed by atoms with Crippen molar-refractivity contribution in [1.29, 1.82) is 0 Å². The Hall–Kier alpha value is -2.74. The molecule has 0 aliphatic carbocycles. The average Bonchev–Trinajstić information content (AvgIpc) is 2.60. The van der Waals surface area contributed by atoms with E-state index in [4.69, 9.17) is 16.3 Å². The van der Waals surface area contributed by atoms with Crippen LogP contribution in [0.15, 0.2) is 30.3 Å². The lowest BCUT2D eigenvalue weighted by Crippen LogP contribution is -2.36. The van der Waals surface area contributed by atoms with Gasteiger partial charge in [-0.15, -0.1) is 0 Å². The van der Waals surface area contributed by atoms with Crippen LogP contribution in [0.3, 0.4) is 0 Å². The predicted molar refractivity (Wildman–Crippen MR) is 91.0 cm³/mol. The molecule has 0 aromatic heterocycles. The van der Waals surface area contributed by atoms with Gasteiger partial charge in [0.15, 0.2) is 17.5 Å². The van der Waals surface area contributed by atoms with Gasteiger partial charge in [0.05, 0.1) is 17.8 Å². The maximum Gasteiger partial charge on any atom is 0.244 e. The summed E-state index contributed by atoms with van der Waals surface area (Å²) in [6.07, 6.45) is 0. The fourth-order valence-electron chi connectivity index (χ4n) is 2.16. The molecule has 0 atom stereocenters. The number of carbonyl (C=O) groups excluding carboxylic acids is 2. The van der Waals surface area contributed by atoms with Crippen LogP contribution in [0, 0.1) is 17.5 Å². The summed E-state index contributed by atoms with van der Waals surface area (Å²) in [6.45, 7) is 0.736. The van der Waals surface area contributed by atoms with Crippen molar-refractivity contribution >= 4 is 34.8 Å². The summed E-state index contributed by atoms with van der Waals surface area (Å²) in [4.78, 5) is 25.0. The second-order valence-corrected chi connectivity index (χ2v) is 5.60. The Morgan fingerprint density at radius 3 is 2.42 bits per heavy atom. The molecule has 0 unspecified atom stereocenters. The highest BCUT2D eigenvalue weighted by Gasteiger charge is 2.20. The molecule has 9 heteroatoms. The highest BCUT2D eigenvalue weighted by atomic mass is 35.5. The van der Waals surface area contributed by atoms with E-state index < -0.39 is 41.5 Å². The summed E-state index contributed by atoms with van der Waals surface area (Å²) in [5, 5.41) is 2.32. The zero-order chi connectivity index (χ0) is 19.4. The maximum absolute atomic E-state index is 13.6. The van der Waals surface area contributed by atoms with Crippen LogP contribution in [-0.2, 0) is 9.59 Å². The average molecular weight is 387 g/mol. The smallest absolute Gasteiger partial charge is 0.244 e. The van der Waals surface area contributed by atoms with E-state index in [2.05, 4.69) is 5.32 Å². The summed E-state index contributed by atoms with van der Waals surface area (Å²) < 4.78 is 44.8. The molecule has 0 radical (unpaired) electrons. The zero-order valence-corrected chi connectivity index (χ0v) is 14.5. The lowest BCUT2D eigenvalue weighted by atomic mass is 10.2. The van der Waals surface area contributed by atoms with E-state index in [1.165, 1.54) is 32.2 Å². The third-order valence-corrected chi connectivity index (χ3v) is 3.73. The van der Waals surface area contributed by atoms with Crippen LogP contribution in [0.5, 0.6) is 5.75 Å². The molecule has 2 amide bonds. The van der Waals surface area contributed by atoms with Gasteiger partial charge < -0.3 is 15.0 Å². The quantitative estimate of drug-likeness (QED) is 0.796. The van der Waals surface area contributed by atoms with Gasteiger partial charge in [-0.2, -0.15) is 0 Å². The molecule has 0 saturated heterocycles. The minimum absolute atomic E-state index is 0.225. The van der Waals surface area contributed by atoms with E-state index in [0.29, 0.717) is 17.5 Å². The minimum Gasteiger partial charge on any atom is -0.495 e. The molecule has 0 aliphatic heterocycles. The van der Waals surface area contributed by atoms with Crippen molar-refractivity contribution in [3.63, 3.8) is 0 Å². The van der Waals surface area contributed by atoms with Crippen LogP contribution in [0.2, 0.25) is 5.02 Å². The Morgan fingerprint density at radius 2 is 1.85 bits per heavy atom. The maximum atomic E-state index is 13.6. The van der Waals surface area contributed by atoms with E-state index in [0.717, 1.165) is 11.0 Å². The first-order valence-electron chi connectivity index (χ1n) is 7.29. The van der Waals surface area contributed by atoms with Crippen LogP contribution < -0.4 is 15.0 Å². The standard InChI is InChI=1S/C17H14ClF3N2O3/c1-9(24)23(10-3-6-14(26-2)11(18)7-10)8-15(25)22-13-5-4-12(19)16(20)17(13)21/h3-7H,8H2,1-2H3,(H,22,25). The largest absolute Gasteiger partial charge is 0.495 e. The molecule has 138 valence electrons.